The van der Waals surface area contributed by atoms with Crippen LogP contribution in [0, 0.1) is 25.7 Å². The molecule has 0 bridgehead atoms. The number of fused-ring (bicyclic) bond motifs is 3. The van der Waals surface area contributed by atoms with E-state index in [1.54, 1.807) is 0 Å². The Labute approximate surface area is 150 Å². The Balaban J connectivity index is 1.35. The summed E-state index contributed by atoms with van der Waals surface area (Å²) in [5.41, 5.74) is 3.35. The predicted molar refractivity (Wildman–Crippen MR) is 97.4 cm³/mol. The second-order valence-corrected chi connectivity index (χ2v) is 8.01. The van der Waals surface area contributed by atoms with Crippen molar-refractivity contribution in [2.75, 3.05) is 26.2 Å². The van der Waals surface area contributed by atoms with Crippen molar-refractivity contribution in [3.8, 4) is 0 Å². The zero-order chi connectivity index (χ0) is 17.6. The summed E-state index contributed by atoms with van der Waals surface area (Å²) < 4.78 is 2.01. The molecule has 0 radical (unpaired) electrons. The molecular formula is C19H31N5O. The van der Waals surface area contributed by atoms with Gasteiger partial charge in [-0.05, 0) is 52.0 Å². The number of likely N-dealkylation sites (tertiary alicyclic amines) is 1. The second-order valence-electron chi connectivity index (χ2n) is 8.01. The van der Waals surface area contributed by atoms with E-state index in [0.717, 1.165) is 42.6 Å². The molecule has 3 unspecified atom stereocenters. The van der Waals surface area contributed by atoms with Crippen molar-refractivity contribution in [3.05, 3.63) is 17.0 Å². The summed E-state index contributed by atoms with van der Waals surface area (Å²) in [6.07, 6.45) is 4.03. The van der Waals surface area contributed by atoms with Gasteiger partial charge in [-0.3, -0.25) is 9.58 Å². The third-order valence-corrected chi connectivity index (χ3v) is 6.65. The van der Waals surface area contributed by atoms with Crippen LogP contribution in [0.5, 0.6) is 0 Å². The minimum absolute atomic E-state index is 0.0970. The average Bonchev–Trinajstić information content (AvgIpc) is 3.24. The average molecular weight is 345 g/mol. The molecule has 0 saturated carbocycles. The number of rotatable bonds is 3. The van der Waals surface area contributed by atoms with Crippen molar-refractivity contribution >= 4 is 6.03 Å². The van der Waals surface area contributed by atoms with E-state index in [0.29, 0.717) is 18.4 Å². The predicted octanol–water partition coefficient (Wildman–Crippen LogP) is 2.15. The lowest BCUT2D eigenvalue weighted by Crippen LogP contribution is -2.43. The molecule has 6 heteroatoms. The molecule has 4 heterocycles. The molecule has 3 fully saturated rings. The highest BCUT2D eigenvalue weighted by Crippen LogP contribution is 2.40. The molecule has 138 valence electrons. The topological polar surface area (TPSA) is 53.4 Å². The highest BCUT2D eigenvalue weighted by atomic mass is 16.2. The summed E-state index contributed by atoms with van der Waals surface area (Å²) >= 11 is 0. The number of nitrogens with one attached hydrogen (secondary N) is 1. The van der Waals surface area contributed by atoms with Crippen LogP contribution in [0.15, 0.2) is 0 Å². The maximum absolute atomic E-state index is 12.7. The molecule has 3 saturated heterocycles. The van der Waals surface area contributed by atoms with Crippen molar-refractivity contribution in [2.24, 2.45) is 11.8 Å². The first-order chi connectivity index (χ1) is 12.1. The van der Waals surface area contributed by atoms with Gasteiger partial charge in [0, 0.05) is 50.0 Å². The van der Waals surface area contributed by atoms with E-state index in [-0.39, 0.29) is 6.03 Å². The SMILES string of the molecule is CCn1nc(C)c(CNC(=O)N2CC3CN4CCCCC4C3C2)c1C. The van der Waals surface area contributed by atoms with E-state index in [1.807, 2.05) is 11.6 Å². The van der Waals surface area contributed by atoms with Crippen molar-refractivity contribution < 1.29 is 4.79 Å². The standard InChI is InChI=1S/C19H31N5O/c1-4-24-14(3)16(13(2)21-24)9-20-19(25)23-11-15-10-22-8-6-5-7-18(22)17(15)12-23/h15,17-18H,4-12H2,1-3H3,(H,20,25). The number of aryl methyl sites for hydroxylation is 2. The van der Waals surface area contributed by atoms with Gasteiger partial charge in [0.25, 0.3) is 0 Å². The highest BCUT2D eigenvalue weighted by molar-refractivity contribution is 5.74. The Morgan fingerprint density at radius 2 is 2.08 bits per heavy atom. The van der Waals surface area contributed by atoms with Gasteiger partial charge in [0.05, 0.1) is 5.69 Å². The van der Waals surface area contributed by atoms with E-state index in [2.05, 4.69) is 34.1 Å². The van der Waals surface area contributed by atoms with Gasteiger partial charge in [0.1, 0.15) is 0 Å². The lowest BCUT2D eigenvalue weighted by molar-refractivity contribution is 0.154. The van der Waals surface area contributed by atoms with Crippen molar-refractivity contribution in [2.45, 2.75) is 59.2 Å². The first kappa shape index (κ1) is 16.9. The molecule has 2 amide bonds. The molecule has 1 N–H and O–H groups in total. The van der Waals surface area contributed by atoms with E-state index in [1.165, 1.54) is 32.4 Å². The lowest BCUT2D eigenvalue weighted by atomic mass is 9.90. The zero-order valence-electron chi connectivity index (χ0n) is 15.8. The number of urea groups is 1. The normalized spacial score (nSPS) is 28.9. The number of carbonyl (C=O) groups excluding carboxylic acids is 1. The maximum Gasteiger partial charge on any atom is 0.317 e. The third kappa shape index (κ3) is 2.94. The summed E-state index contributed by atoms with van der Waals surface area (Å²) in [5.74, 6) is 1.37. The quantitative estimate of drug-likeness (QED) is 0.913. The van der Waals surface area contributed by atoms with Crippen LogP contribution >= 0.6 is 0 Å². The largest absolute Gasteiger partial charge is 0.334 e. The van der Waals surface area contributed by atoms with Crippen molar-refractivity contribution in [1.82, 2.24) is 24.9 Å². The Kier molecular flexibility index (Phi) is 4.48. The number of hydrogen-bond acceptors (Lipinski definition) is 3. The lowest BCUT2D eigenvalue weighted by Gasteiger charge is -2.33. The molecule has 3 aliphatic rings. The Hall–Kier alpha value is -1.56. The molecule has 0 aliphatic carbocycles. The van der Waals surface area contributed by atoms with Crippen molar-refractivity contribution in [3.63, 3.8) is 0 Å². The van der Waals surface area contributed by atoms with Crippen molar-refractivity contribution in [1.29, 1.82) is 0 Å². The minimum atomic E-state index is 0.0970. The molecule has 0 aromatic carbocycles. The van der Waals surface area contributed by atoms with Crippen LogP contribution in [0.4, 0.5) is 4.79 Å². The first-order valence-electron chi connectivity index (χ1n) is 9.88. The minimum Gasteiger partial charge on any atom is -0.334 e. The molecule has 1 aromatic rings. The summed E-state index contributed by atoms with van der Waals surface area (Å²) in [6, 6.07) is 0.823. The first-order valence-corrected chi connectivity index (χ1v) is 9.88. The summed E-state index contributed by atoms with van der Waals surface area (Å²) in [5, 5.41) is 7.68. The van der Waals surface area contributed by atoms with Crippen LogP contribution in [0.25, 0.3) is 0 Å². The number of amides is 2. The number of aromatic nitrogens is 2. The molecule has 0 spiro atoms. The monoisotopic (exact) mass is 345 g/mol. The Bertz CT molecular complexity index is 654. The smallest absolute Gasteiger partial charge is 0.317 e. The zero-order valence-corrected chi connectivity index (χ0v) is 15.8. The summed E-state index contributed by atoms with van der Waals surface area (Å²) in [7, 11) is 0. The van der Waals surface area contributed by atoms with Gasteiger partial charge >= 0.3 is 6.03 Å². The van der Waals surface area contributed by atoms with Crippen LogP contribution < -0.4 is 5.32 Å². The fourth-order valence-corrected chi connectivity index (χ4v) is 5.29. The molecule has 3 aliphatic heterocycles. The van der Waals surface area contributed by atoms with E-state index in [9.17, 15) is 4.79 Å². The summed E-state index contributed by atoms with van der Waals surface area (Å²) in [6.45, 7) is 12.0. The third-order valence-electron chi connectivity index (χ3n) is 6.65. The number of hydrogen-bond donors (Lipinski definition) is 1. The van der Waals surface area contributed by atoms with Gasteiger partial charge in [-0.25, -0.2) is 4.79 Å². The number of carbonyl (C=O) groups is 1. The fourth-order valence-electron chi connectivity index (χ4n) is 5.29. The van der Waals surface area contributed by atoms with Gasteiger partial charge in [0.2, 0.25) is 0 Å². The molecule has 25 heavy (non-hydrogen) atoms. The van der Waals surface area contributed by atoms with Gasteiger partial charge < -0.3 is 10.2 Å². The van der Waals surface area contributed by atoms with Crippen LogP contribution in [-0.2, 0) is 13.1 Å². The summed E-state index contributed by atoms with van der Waals surface area (Å²) in [4.78, 5) is 17.4. The van der Waals surface area contributed by atoms with Gasteiger partial charge in [-0.2, -0.15) is 5.10 Å². The molecule has 6 nitrogen and oxygen atoms in total. The Morgan fingerprint density at radius 1 is 1.24 bits per heavy atom. The number of piperidine rings is 1. The van der Waals surface area contributed by atoms with Gasteiger partial charge in [0.15, 0.2) is 0 Å². The van der Waals surface area contributed by atoms with Gasteiger partial charge in [-0.1, -0.05) is 6.42 Å². The van der Waals surface area contributed by atoms with Gasteiger partial charge in [-0.15, -0.1) is 0 Å². The molecule has 3 atom stereocenters. The van der Waals surface area contributed by atoms with Crippen LogP contribution in [0.1, 0.15) is 43.1 Å². The second kappa shape index (κ2) is 6.63. The highest BCUT2D eigenvalue weighted by Gasteiger charge is 2.48. The molecular weight excluding hydrogens is 314 g/mol. The van der Waals surface area contributed by atoms with E-state index >= 15 is 0 Å². The van der Waals surface area contributed by atoms with E-state index in [4.69, 9.17) is 0 Å². The van der Waals surface area contributed by atoms with Crippen LogP contribution in [-0.4, -0.2) is 57.8 Å². The van der Waals surface area contributed by atoms with E-state index < -0.39 is 0 Å². The Morgan fingerprint density at radius 3 is 2.84 bits per heavy atom. The molecule has 4 rings (SSSR count). The van der Waals surface area contributed by atoms with Crippen LogP contribution in [0.3, 0.4) is 0 Å². The fraction of sp³-hybridized carbons (Fsp3) is 0.789. The number of nitrogens with zero attached hydrogens (tertiary/aromatic N) is 4. The maximum atomic E-state index is 12.7. The van der Waals surface area contributed by atoms with Crippen LogP contribution in [0.2, 0.25) is 0 Å². The molecule has 1 aromatic heterocycles.